The minimum atomic E-state index is -0.345. The van der Waals surface area contributed by atoms with Crippen LogP contribution in [0, 0.1) is 5.82 Å². The summed E-state index contributed by atoms with van der Waals surface area (Å²) >= 11 is 1.87. The number of nitrogens with zero attached hydrogens (tertiary/aromatic N) is 1. The van der Waals surface area contributed by atoms with Crippen molar-refractivity contribution < 1.29 is 9.13 Å². The Hall–Kier alpha value is -0.700. The number of unbranched alkanes of at least 4 members (excludes halogenated alkanes) is 1. The third-order valence-electron chi connectivity index (χ3n) is 3.08. The van der Waals surface area contributed by atoms with Crippen molar-refractivity contribution >= 4 is 41.7 Å². The molecule has 138 valence electrons. The van der Waals surface area contributed by atoms with E-state index in [1.807, 2.05) is 25.6 Å². The molecule has 0 saturated carbocycles. The molecule has 7 heteroatoms. The fraction of sp³-hybridized carbons (Fsp3) is 0.588. The van der Waals surface area contributed by atoms with Gasteiger partial charge in [-0.1, -0.05) is 12.1 Å². The van der Waals surface area contributed by atoms with E-state index >= 15 is 0 Å². The largest absolute Gasteiger partial charge is 0.486 e. The van der Waals surface area contributed by atoms with Crippen molar-refractivity contribution in [1.29, 1.82) is 0 Å². The van der Waals surface area contributed by atoms with Crippen LogP contribution in [0.15, 0.2) is 29.3 Å². The van der Waals surface area contributed by atoms with E-state index in [-0.39, 0.29) is 41.6 Å². The van der Waals surface area contributed by atoms with E-state index in [4.69, 9.17) is 4.74 Å². The van der Waals surface area contributed by atoms with Crippen LogP contribution in [0.4, 0.5) is 4.39 Å². The SMILES string of the molecule is CCNC(=NCC(C)Oc1ccccc1F)NCCCCSC.I. The second kappa shape index (κ2) is 14.6. The van der Waals surface area contributed by atoms with Gasteiger partial charge in [-0.3, -0.25) is 0 Å². The molecule has 1 aromatic carbocycles. The van der Waals surface area contributed by atoms with Crippen LogP contribution >= 0.6 is 35.7 Å². The summed E-state index contributed by atoms with van der Waals surface area (Å²) in [5.74, 6) is 1.89. The van der Waals surface area contributed by atoms with Crippen molar-refractivity contribution in [3.63, 3.8) is 0 Å². The highest BCUT2D eigenvalue weighted by atomic mass is 127. The minimum absolute atomic E-state index is 0. The summed E-state index contributed by atoms with van der Waals surface area (Å²) in [6, 6.07) is 6.43. The zero-order valence-corrected chi connectivity index (χ0v) is 17.8. The number of halogens is 2. The number of benzene rings is 1. The van der Waals surface area contributed by atoms with Crippen LogP contribution < -0.4 is 15.4 Å². The van der Waals surface area contributed by atoms with Crippen LogP contribution in [0.2, 0.25) is 0 Å². The van der Waals surface area contributed by atoms with Gasteiger partial charge in [0.25, 0.3) is 0 Å². The molecule has 0 aliphatic heterocycles. The van der Waals surface area contributed by atoms with E-state index in [1.54, 1.807) is 18.2 Å². The fourth-order valence-electron chi connectivity index (χ4n) is 1.93. The summed E-state index contributed by atoms with van der Waals surface area (Å²) in [7, 11) is 0. The van der Waals surface area contributed by atoms with Crippen molar-refractivity contribution in [2.75, 3.05) is 31.6 Å². The summed E-state index contributed by atoms with van der Waals surface area (Å²) in [5, 5.41) is 6.52. The number of aliphatic imine (C=N–C) groups is 1. The Bertz CT molecular complexity index is 477. The molecule has 0 aliphatic carbocycles. The van der Waals surface area contributed by atoms with Crippen LogP contribution in [0.1, 0.15) is 26.7 Å². The first-order valence-corrected chi connectivity index (χ1v) is 9.49. The maximum absolute atomic E-state index is 13.6. The normalized spacial score (nSPS) is 12.2. The highest BCUT2D eigenvalue weighted by Crippen LogP contribution is 2.16. The van der Waals surface area contributed by atoms with Gasteiger partial charge in [-0.2, -0.15) is 11.8 Å². The maximum atomic E-state index is 13.6. The van der Waals surface area contributed by atoms with Gasteiger partial charge >= 0.3 is 0 Å². The van der Waals surface area contributed by atoms with E-state index in [2.05, 4.69) is 21.9 Å². The second-order valence-electron chi connectivity index (χ2n) is 5.21. The monoisotopic (exact) mass is 469 g/mol. The standard InChI is InChI=1S/C17H28FN3OS.HI/c1-4-19-17(20-11-7-8-12-23-3)21-13-14(2)22-16-10-6-5-9-15(16)18;/h5-6,9-10,14H,4,7-8,11-13H2,1-3H3,(H2,19,20,21);1H. The van der Waals surface area contributed by atoms with Gasteiger partial charge in [-0.05, 0) is 50.8 Å². The topological polar surface area (TPSA) is 45.7 Å². The summed E-state index contributed by atoms with van der Waals surface area (Å²) in [6.07, 6.45) is 4.24. The zero-order valence-electron chi connectivity index (χ0n) is 14.7. The van der Waals surface area contributed by atoms with Crippen LogP contribution in [-0.2, 0) is 0 Å². The van der Waals surface area contributed by atoms with E-state index in [0.717, 1.165) is 25.5 Å². The first-order chi connectivity index (χ1) is 11.2. The van der Waals surface area contributed by atoms with Crippen molar-refractivity contribution in [2.24, 2.45) is 4.99 Å². The molecule has 0 radical (unpaired) electrons. The number of ether oxygens (including phenoxy) is 1. The summed E-state index contributed by atoms with van der Waals surface area (Å²) in [6.45, 7) is 6.09. The molecule has 1 atom stereocenters. The number of rotatable bonds is 10. The smallest absolute Gasteiger partial charge is 0.191 e. The molecule has 24 heavy (non-hydrogen) atoms. The second-order valence-corrected chi connectivity index (χ2v) is 6.19. The molecule has 0 bridgehead atoms. The minimum Gasteiger partial charge on any atom is -0.486 e. The lowest BCUT2D eigenvalue weighted by Gasteiger charge is -2.15. The predicted molar refractivity (Wildman–Crippen MR) is 114 cm³/mol. The maximum Gasteiger partial charge on any atom is 0.191 e. The number of para-hydroxylation sites is 1. The van der Waals surface area contributed by atoms with Gasteiger partial charge in [0.15, 0.2) is 17.5 Å². The molecule has 2 N–H and O–H groups in total. The molecule has 0 fully saturated rings. The molecule has 0 saturated heterocycles. The summed E-state index contributed by atoms with van der Waals surface area (Å²) < 4.78 is 19.1. The summed E-state index contributed by atoms with van der Waals surface area (Å²) in [5.41, 5.74) is 0. The van der Waals surface area contributed by atoms with Crippen LogP contribution in [-0.4, -0.2) is 43.7 Å². The highest BCUT2D eigenvalue weighted by Gasteiger charge is 2.08. The Balaban J connectivity index is 0.00000529. The van der Waals surface area contributed by atoms with Gasteiger partial charge < -0.3 is 15.4 Å². The Labute approximate surface area is 166 Å². The number of thioether (sulfide) groups is 1. The highest BCUT2D eigenvalue weighted by molar-refractivity contribution is 14.0. The molecular formula is C17H29FIN3OS. The molecule has 0 amide bonds. The van der Waals surface area contributed by atoms with E-state index in [1.165, 1.54) is 18.2 Å². The molecule has 1 rings (SSSR count). The lowest BCUT2D eigenvalue weighted by molar-refractivity contribution is 0.220. The average molecular weight is 469 g/mol. The molecule has 0 aliphatic rings. The lowest BCUT2D eigenvalue weighted by Crippen LogP contribution is -2.38. The number of nitrogens with one attached hydrogen (secondary N) is 2. The average Bonchev–Trinajstić information content (AvgIpc) is 2.54. The third kappa shape index (κ3) is 10.2. The van der Waals surface area contributed by atoms with Crippen LogP contribution in [0.5, 0.6) is 5.75 Å². The Morgan fingerprint density at radius 2 is 2.04 bits per heavy atom. The molecule has 1 unspecified atom stereocenters. The van der Waals surface area contributed by atoms with E-state index in [9.17, 15) is 4.39 Å². The summed E-state index contributed by atoms with van der Waals surface area (Å²) in [4.78, 5) is 4.50. The molecule has 0 aromatic heterocycles. The number of guanidine groups is 1. The lowest BCUT2D eigenvalue weighted by atomic mass is 10.3. The van der Waals surface area contributed by atoms with Crippen LogP contribution in [0.3, 0.4) is 0 Å². The first kappa shape index (κ1) is 23.3. The quantitative estimate of drug-likeness (QED) is 0.236. The number of hydrogen-bond donors (Lipinski definition) is 2. The molecular weight excluding hydrogens is 440 g/mol. The Morgan fingerprint density at radius 3 is 2.71 bits per heavy atom. The zero-order chi connectivity index (χ0) is 16.9. The van der Waals surface area contributed by atoms with Crippen molar-refractivity contribution in [3.8, 4) is 5.75 Å². The van der Waals surface area contributed by atoms with E-state index in [0.29, 0.717) is 6.54 Å². The number of hydrogen-bond acceptors (Lipinski definition) is 3. The fourth-order valence-corrected chi connectivity index (χ4v) is 2.43. The Morgan fingerprint density at radius 1 is 1.29 bits per heavy atom. The van der Waals surface area contributed by atoms with Crippen molar-refractivity contribution in [2.45, 2.75) is 32.8 Å². The van der Waals surface area contributed by atoms with Gasteiger partial charge in [0, 0.05) is 13.1 Å². The van der Waals surface area contributed by atoms with Gasteiger partial charge in [-0.15, -0.1) is 24.0 Å². The van der Waals surface area contributed by atoms with Gasteiger partial charge in [0.1, 0.15) is 6.10 Å². The van der Waals surface area contributed by atoms with Crippen molar-refractivity contribution in [1.82, 2.24) is 10.6 Å². The van der Waals surface area contributed by atoms with Gasteiger partial charge in [0.2, 0.25) is 0 Å². The predicted octanol–water partition coefficient (Wildman–Crippen LogP) is 3.91. The Kier molecular flexibility index (Phi) is 14.2. The molecule has 4 nitrogen and oxygen atoms in total. The van der Waals surface area contributed by atoms with Crippen molar-refractivity contribution in [3.05, 3.63) is 30.1 Å². The molecule has 0 spiro atoms. The van der Waals surface area contributed by atoms with Gasteiger partial charge in [-0.25, -0.2) is 9.38 Å². The molecule has 0 heterocycles. The third-order valence-corrected chi connectivity index (χ3v) is 3.78. The first-order valence-electron chi connectivity index (χ1n) is 8.09. The van der Waals surface area contributed by atoms with Crippen LogP contribution in [0.25, 0.3) is 0 Å². The molecule has 1 aromatic rings. The van der Waals surface area contributed by atoms with E-state index < -0.39 is 0 Å². The van der Waals surface area contributed by atoms with Gasteiger partial charge in [0.05, 0.1) is 6.54 Å².